The zero-order valence-electron chi connectivity index (χ0n) is 10.4. The summed E-state index contributed by atoms with van der Waals surface area (Å²) < 4.78 is 14.8. The van der Waals surface area contributed by atoms with Gasteiger partial charge in [-0.25, -0.2) is 9.07 Å². The lowest BCUT2D eigenvalue weighted by Crippen LogP contribution is -1.99. The van der Waals surface area contributed by atoms with E-state index in [0.29, 0.717) is 0 Å². The number of aryl methyl sites for hydroxylation is 1. The quantitative estimate of drug-likeness (QED) is 0.701. The van der Waals surface area contributed by atoms with Crippen LogP contribution in [-0.4, -0.2) is 14.8 Å². The summed E-state index contributed by atoms with van der Waals surface area (Å²) in [4.78, 5) is 4.09. The molecule has 0 radical (unpaired) electrons. The molecule has 1 aromatic carbocycles. The Morgan fingerprint density at radius 1 is 1.00 bits per heavy atom. The summed E-state index contributed by atoms with van der Waals surface area (Å²) in [6, 6.07) is 10.2. The van der Waals surface area contributed by atoms with Gasteiger partial charge in [0.05, 0.1) is 17.6 Å². The van der Waals surface area contributed by atoms with Crippen molar-refractivity contribution in [1.29, 1.82) is 0 Å². The smallest absolute Gasteiger partial charge is 0.123 e. The Hall–Kier alpha value is -2.49. The third-order valence-electron chi connectivity index (χ3n) is 3.01. The van der Waals surface area contributed by atoms with E-state index >= 15 is 0 Å². The number of aromatic nitrogens is 3. The van der Waals surface area contributed by atoms with Crippen LogP contribution in [0.5, 0.6) is 0 Å². The van der Waals surface area contributed by atoms with Gasteiger partial charge < -0.3 is 0 Å². The van der Waals surface area contributed by atoms with Gasteiger partial charge in [-0.05, 0) is 48.9 Å². The molecular weight excluding hydrogens is 241 g/mol. The fourth-order valence-corrected chi connectivity index (χ4v) is 2.06. The third kappa shape index (κ3) is 2.12. The van der Waals surface area contributed by atoms with E-state index in [9.17, 15) is 4.39 Å². The first kappa shape index (κ1) is 11.6. The molecule has 4 heteroatoms. The van der Waals surface area contributed by atoms with Gasteiger partial charge in [-0.1, -0.05) is 0 Å². The molecule has 0 bridgehead atoms. The molecule has 0 saturated carbocycles. The highest BCUT2D eigenvalue weighted by molar-refractivity contribution is 5.64. The molecule has 0 unspecified atom stereocenters. The number of benzene rings is 1. The van der Waals surface area contributed by atoms with Crippen LogP contribution < -0.4 is 0 Å². The Labute approximate surface area is 110 Å². The van der Waals surface area contributed by atoms with Gasteiger partial charge in [-0.2, -0.15) is 5.10 Å². The van der Waals surface area contributed by atoms with E-state index in [1.165, 1.54) is 12.1 Å². The monoisotopic (exact) mass is 253 g/mol. The van der Waals surface area contributed by atoms with E-state index in [2.05, 4.69) is 10.1 Å². The van der Waals surface area contributed by atoms with Gasteiger partial charge in [-0.15, -0.1) is 0 Å². The molecule has 19 heavy (non-hydrogen) atoms. The number of rotatable bonds is 2. The molecule has 3 nitrogen and oxygen atoms in total. The van der Waals surface area contributed by atoms with Crippen LogP contribution in [0.15, 0.2) is 55.0 Å². The second-order valence-corrected chi connectivity index (χ2v) is 4.30. The van der Waals surface area contributed by atoms with Crippen LogP contribution in [-0.2, 0) is 0 Å². The van der Waals surface area contributed by atoms with Crippen LogP contribution >= 0.6 is 0 Å². The molecule has 0 amide bonds. The highest BCUT2D eigenvalue weighted by Gasteiger charge is 2.09. The number of pyridine rings is 1. The Kier molecular flexibility index (Phi) is 2.83. The lowest BCUT2D eigenvalue weighted by atomic mass is 10.1. The van der Waals surface area contributed by atoms with E-state index in [-0.39, 0.29) is 5.82 Å². The Balaban J connectivity index is 2.13. The lowest BCUT2D eigenvalue weighted by Gasteiger charge is -2.09. The van der Waals surface area contributed by atoms with Crippen LogP contribution in [0.25, 0.3) is 16.9 Å². The predicted octanol–water partition coefficient (Wildman–Crippen LogP) is 3.38. The van der Waals surface area contributed by atoms with Gasteiger partial charge >= 0.3 is 0 Å². The fourth-order valence-electron chi connectivity index (χ4n) is 2.06. The highest BCUT2D eigenvalue weighted by atomic mass is 19.1. The van der Waals surface area contributed by atoms with Crippen molar-refractivity contribution >= 4 is 0 Å². The summed E-state index contributed by atoms with van der Waals surface area (Å²) >= 11 is 0. The van der Waals surface area contributed by atoms with Crippen molar-refractivity contribution in [3.63, 3.8) is 0 Å². The molecule has 2 heterocycles. The Morgan fingerprint density at radius 2 is 1.79 bits per heavy atom. The molecule has 0 aliphatic carbocycles. The first-order chi connectivity index (χ1) is 9.25. The van der Waals surface area contributed by atoms with Crippen molar-refractivity contribution in [1.82, 2.24) is 14.8 Å². The molecule has 0 atom stereocenters. The molecule has 94 valence electrons. The second kappa shape index (κ2) is 4.65. The molecule has 0 N–H and O–H groups in total. The normalized spacial score (nSPS) is 10.6. The summed E-state index contributed by atoms with van der Waals surface area (Å²) in [7, 11) is 0. The molecule has 0 aliphatic rings. The maximum Gasteiger partial charge on any atom is 0.123 e. The number of hydrogen-bond donors (Lipinski definition) is 0. The zero-order valence-corrected chi connectivity index (χ0v) is 10.4. The van der Waals surface area contributed by atoms with Crippen LogP contribution in [0.3, 0.4) is 0 Å². The van der Waals surface area contributed by atoms with Crippen molar-refractivity contribution in [2.45, 2.75) is 6.92 Å². The molecule has 0 saturated heterocycles. The largest absolute Gasteiger partial charge is 0.264 e. The van der Waals surface area contributed by atoms with Crippen LogP contribution in [0, 0.1) is 12.7 Å². The Morgan fingerprint density at radius 3 is 2.53 bits per heavy atom. The van der Waals surface area contributed by atoms with Crippen LogP contribution in [0.4, 0.5) is 4.39 Å². The summed E-state index contributed by atoms with van der Waals surface area (Å²) in [5, 5.41) is 4.31. The standard InChI is InChI=1S/C15H12FN3/c1-11-10-17-8-6-14(11)15-7-9-18-19(15)13-4-2-12(16)3-5-13/h2-10H,1H3. The number of hydrogen-bond acceptors (Lipinski definition) is 2. The topological polar surface area (TPSA) is 30.7 Å². The van der Waals surface area contributed by atoms with E-state index in [4.69, 9.17) is 0 Å². The second-order valence-electron chi connectivity index (χ2n) is 4.30. The third-order valence-corrected chi connectivity index (χ3v) is 3.01. The summed E-state index contributed by atoms with van der Waals surface area (Å²) in [6.07, 6.45) is 5.31. The predicted molar refractivity (Wildman–Crippen MR) is 71.5 cm³/mol. The SMILES string of the molecule is Cc1cnccc1-c1ccnn1-c1ccc(F)cc1. The highest BCUT2D eigenvalue weighted by Crippen LogP contribution is 2.24. The van der Waals surface area contributed by atoms with E-state index in [1.54, 1.807) is 29.2 Å². The van der Waals surface area contributed by atoms with E-state index < -0.39 is 0 Å². The average Bonchev–Trinajstić information content (AvgIpc) is 2.89. The number of nitrogens with zero attached hydrogens (tertiary/aromatic N) is 3. The van der Waals surface area contributed by atoms with Crippen molar-refractivity contribution in [3.05, 3.63) is 66.4 Å². The van der Waals surface area contributed by atoms with Gasteiger partial charge in [0.15, 0.2) is 0 Å². The minimum absolute atomic E-state index is 0.252. The van der Waals surface area contributed by atoms with Crippen LogP contribution in [0.2, 0.25) is 0 Å². The molecule has 0 fully saturated rings. The lowest BCUT2D eigenvalue weighted by molar-refractivity contribution is 0.627. The number of halogens is 1. The summed E-state index contributed by atoms with van der Waals surface area (Å²) in [6.45, 7) is 2.00. The maximum atomic E-state index is 13.0. The summed E-state index contributed by atoms with van der Waals surface area (Å²) in [5.74, 6) is -0.252. The zero-order chi connectivity index (χ0) is 13.2. The fraction of sp³-hybridized carbons (Fsp3) is 0.0667. The maximum absolute atomic E-state index is 13.0. The van der Waals surface area contributed by atoms with Gasteiger partial charge in [0.2, 0.25) is 0 Å². The van der Waals surface area contributed by atoms with Crippen LogP contribution in [0.1, 0.15) is 5.56 Å². The minimum atomic E-state index is -0.252. The Bertz CT molecular complexity index is 701. The minimum Gasteiger partial charge on any atom is -0.264 e. The van der Waals surface area contributed by atoms with Gasteiger partial charge in [0, 0.05) is 18.0 Å². The van der Waals surface area contributed by atoms with Crippen molar-refractivity contribution in [3.8, 4) is 16.9 Å². The van der Waals surface area contributed by atoms with Gasteiger partial charge in [0.1, 0.15) is 5.82 Å². The first-order valence-corrected chi connectivity index (χ1v) is 5.96. The molecule has 0 spiro atoms. The van der Waals surface area contributed by atoms with Crippen molar-refractivity contribution < 1.29 is 4.39 Å². The average molecular weight is 253 g/mol. The van der Waals surface area contributed by atoms with Gasteiger partial charge in [0.25, 0.3) is 0 Å². The van der Waals surface area contributed by atoms with Crippen molar-refractivity contribution in [2.75, 3.05) is 0 Å². The molecule has 3 aromatic rings. The molecular formula is C15H12FN3. The molecule has 3 rings (SSSR count). The summed E-state index contributed by atoms with van der Waals surface area (Å²) in [5.41, 5.74) is 3.94. The van der Waals surface area contributed by atoms with E-state index in [0.717, 1.165) is 22.5 Å². The van der Waals surface area contributed by atoms with Crippen molar-refractivity contribution in [2.24, 2.45) is 0 Å². The molecule has 2 aromatic heterocycles. The molecule has 0 aliphatic heterocycles. The van der Waals surface area contributed by atoms with Gasteiger partial charge in [-0.3, -0.25) is 4.98 Å². The van der Waals surface area contributed by atoms with E-state index in [1.807, 2.05) is 25.3 Å². The first-order valence-electron chi connectivity index (χ1n) is 5.96.